The minimum atomic E-state index is -0.535. The third-order valence-corrected chi connectivity index (χ3v) is 4.44. The van der Waals surface area contributed by atoms with Crippen LogP contribution in [-0.4, -0.2) is 33.2 Å². The van der Waals surface area contributed by atoms with Crippen LogP contribution in [0, 0.1) is 0 Å². The summed E-state index contributed by atoms with van der Waals surface area (Å²) in [5, 5.41) is 0. The van der Waals surface area contributed by atoms with Gasteiger partial charge in [-0.15, -0.1) is 0 Å². The number of esters is 1. The van der Waals surface area contributed by atoms with Crippen molar-refractivity contribution in [2.24, 2.45) is 4.99 Å². The van der Waals surface area contributed by atoms with E-state index in [2.05, 4.69) is 20.9 Å². The number of cyclic esters (lactones) is 1. The molecule has 134 valence electrons. The Morgan fingerprint density at radius 1 is 1.00 bits per heavy atom. The van der Waals surface area contributed by atoms with Crippen molar-refractivity contribution in [3.05, 3.63) is 57.7 Å². The van der Waals surface area contributed by atoms with E-state index >= 15 is 0 Å². The molecule has 0 saturated carbocycles. The van der Waals surface area contributed by atoms with E-state index in [0.717, 1.165) is 4.47 Å². The Hall–Kier alpha value is -2.80. The van der Waals surface area contributed by atoms with Gasteiger partial charge in [0.05, 0.1) is 26.9 Å². The lowest BCUT2D eigenvalue weighted by molar-refractivity contribution is -0.129. The number of benzene rings is 2. The Morgan fingerprint density at radius 3 is 2.38 bits per heavy atom. The number of ether oxygens (including phenoxy) is 4. The molecule has 7 heteroatoms. The maximum absolute atomic E-state index is 12.2. The largest absolute Gasteiger partial charge is 0.493 e. The van der Waals surface area contributed by atoms with Crippen molar-refractivity contribution in [2.75, 3.05) is 21.3 Å². The van der Waals surface area contributed by atoms with Crippen LogP contribution in [0.15, 0.2) is 51.6 Å². The SMILES string of the molecule is COc1ccc(/C=C2\N=C(c3ccccc3Br)OC2=O)c(OC)c1OC. The maximum Gasteiger partial charge on any atom is 0.363 e. The van der Waals surface area contributed by atoms with Gasteiger partial charge in [0.1, 0.15) is 0 Å². The summed E-state index contributed by atoms with van der Waals surface area (Å²) in [7, 11) is 4.57. The van der Waals surface area contributed by atoms with Gasteiger partial charge >= 0.3 is 5.97 Å². The molecule has 0 radical (unpaired) electrons. The van der Waals surface area contributed by atoms with Crippen LogP contribution in [0.1, 0.15) is 11.1 Å². The quantitative estimate of drug-likeness (QED) is 0.546. The molecule has 6 nitrogen and oxygen atoms in total. The zero-order valence-electron chi connectivity index (χ0n) is 14.4. The zero-order valence-corrected chi connectivity index (χ0v) is 16.0. The lowest BCUT2D eigenvalue weighted by atomic mass is 10.1. The minimum Gasteiger partial charge on any atom is -0.493 e. The van der Waals surface area contributed by atoms with Crippen LogP contribution >= 0.6 is 15.9 Å². The van der Waals surface area contributed by atoms with Gasteiger partial charge < -0.3 is 18.9 Å². The van der Waals surface area contributed by atoms with E-state index in [1.165, 1.54) is 21.3 Å². The van der Waals surface area contributed by atoms with E-state index in [1.54, 1.807) is 18.2 Å². The van der Waals surface area contributed by atoms with Crippen LogP contribution < -0.4 is 14.2 Å². The Bertz CT molecular complexity index is 920. The van der Waals surface area contributed by atoms with Crippen molar-refractivity contribution >= 4 is 33.9 Å². The Balaban J connectivity index is 2.05. The smallest absolute Gasteiger partial charge is 0.363 e. The van der Waals surface area contributed by atoms with Crippen molar-refractivity contribution < 1.29 is 23.7 Å². The summed E-state index contributed by atoms with van der Waals surface area (Å²) in [6.45, 7) is 0. The van der Waals surface area contributed by atoms with Crippen LogP contribution in [0.2, 0.25) is 0 Å². The summed E-state index contributed by atoms with van der Waals surface area (Å²) in [6.07, 6.45) is 1.59. The highest BCUT2D eigenvalue weighted by molar-refractivity contribution is 9.10. The van der Waals surface area contributed by atoms with Gasteiger partial charge in [0.15, 0.2) is 17.2 Å². The fourth-order valence-electron chi connectivity index (χ4n) is 2.54. The molecule has 3 rings (SSSR count). The van der Waals surface area contributed by atoms with E-state index < -0.39 is 5.97 Å². The third kappa shape index (κ3) is 3.30. The molecular weight excluding hydrogens is 402 g/mol. The van der Waals surface area contributed by atoms with Gasteiger partial charge in [0.25, 0.3) is 0 Å². The highest BCUT2D eigenvalue weighted by Crippen LogP contribution is 2.41. The van der Waals surface area contributed by atoms with Gasteiger partial charge in [-0.2, -0.15) is 0 Å². The third-order valence-electron chi connectivity index (χ3n) is 3.75. The van der Waals surface area contributed by atoms with Gasteiger partial charge in [0.2, 0.25) is 11.6 Å². The highest BCUT2D eigenvalue weighted by Gasteiger charge is 2.26. The molecule has 0 aliphatic carbocycles. The number of rotatable bonds is 5. The predicted octanol–water partition coefficient (Wildman–Crippen LogP) is 3.82. The molecule has 0 bridgehead atoms. The first-order chi connectivity index (χ1) is 12.6. The Labute approximate surface area is 159 Å². The van der Waals surface area contributed by atoms with Gasteiger partial charge in [-0.25, -0.2) is 9.79 Å². The summed E-state index contributed by atoms with van der Waals surface area (Å²) < 4.78 is 22.1. The number of methoxy groups -OCH3 is 3. The van der Waals surface area contributed by atoms with Crippen molar-refractivity contribution in [3.8, 4) is 17.2 Å². The number of aliphatic imine (C=N–C) groups is 1. The van der Waals surface area contributed by atoms with Crippen LogP contribution in [0.25, 0.3) is 6.08 Å². The summed E-state index contributed by atoms with van der Waals surface area (Å²) in [5.41, 5.74) is 1.49. The summed E-state index contributed by atoms with van der Waals surface area (Å²) >= 11 is 3.43. The molecule has 0 amide bonds. The number of nitrogens with zero attached hydrogens (tertiary/aromatic N) is 1. The first kappa shape index (κ1) is 18.0. The Morgan fingerprint density at radius 2 is 1.73 bits per heavy atom. The minimum absolute atomic E-state index is 0.168. The lowest BCUT2D eigenvalue weighted by Gasteiger charge is -2.14. The van der Waals surface area contributed by atoms with Gasteiger partial charge in [-0.3, -0.25) is 0 Å². The molecule has 26 heavy (non-hydrogen) atoms. The molecule has 1 aliphatic rings. The van der Waals surface area contributed by atoms with Crippen LogP contribution in [0.4, 0.5) is 0 Å². The number of hydrogen-bond acceptors (Lipinski definition) is 6. The van der Waals surface area contributed by atoms with Crippen molar-refractivity contribution in [1.82, 2.24) is 0 Å². The average molecular weight is 418 g/mol. The summed E-state index contributed by atoms with van der Waals surface area (Å²) in [5.74, 6) is 1.11. The average Bonchev–Trinajstić information content (AvgIpc) is 3.01. The molecule has 2 aromatic carbocycles. The van der Waals surface area contributed by atoms with Crippen LogP contribution in [0.5, 0.6) is 17.2 Å². The molecule has 0 spiro atoms. The number of hydrogen-bond donors (Lipinski definition) is 0. The number of carbonyl (C=O) groups is 1. The van der Waals surface area contributed by atoms with Crippen molar-refractivity contribution in [3.63, 3.8) is 0 Å². The van der Waals surface area contributed by atoms with E-state index in [-0.39, 0.29) is 11.6 Å². The molecule has 0 fully saturated rings. The molecule has 0 unspecified atom stereocenters. The highest BCUT2D eigenvalue weighted by atomic mass is 79.9. The maximum atomic E-state index is 12.2. The van der Waals surface area contributed by atoms with Crippen molar-refractivity contribution in [1.29, 1.82) is 0 Å². The fraction of sp³-hybridized carbons (Fsp3) is 0.158. The van der Waals surface area contributed by atoms with E-state index in [4.69, 9.17) is 18.9 Å². The monoisotopic (exact) mass is 417 g/mol. The van der Waals surface area contributed by atoms with E-state index in [1.807, 2.05) is 24.3 Å². The van der Waals surface area contributed by atoms with E-state index in [9.17, 15) is 4.79 Å². The molecule has 0 N–H and O–H groups in total. The second-order valence-corrected chi connectivity index (χ2v) is 6.09. The number of halogens is 1. The van der Waals surface area contributed by atoms with Crippen LogP contribution in [0.3, 0.4) is 0 Å². The first-order valence-corrected chi connectivity index (χ1v) is 8.44. The second-order valence-electron chi connectivity index (χ2n) is 5.24. The second kappa shape index (κ2) is 7.61. The molecule has 1 heterocycles. The molecule has 2 aromatic rings. The van der Waals surface area contributed by atoms with Gasteiger partial charge in [-0.05, 0) is 46.3 Å². The van der Waals surface area contributed by atoms with Crippen molar-refractivity contribution in [2.45, 2.75) is 0 Å². The predicted molar refractivity (Wildman–Crippen MR) is 101 cm³/mol. The van der Waals surface area contributed by atoms with Crippen LogP contribution in [-0.2, 0) is 9.53 Å². The molecular formula is C19H16BrNO5. The topological polar surface area (TPSA) is 66.4 Å². The molecule has 0 saturated heterocycles. The fourth-order valence-corrected chi connectivity index (χ4v) is 3.00. The lowest BCUT2D eigenvalue weighted by Crippen LogP contribution is -2.06. The summed E-state index contributed by atoms with van der Waals surface area (Å²) in [4.78, 5) is 16.6. The first-order valence-electron chi connectivity index (χ1n) is 7.65. The molecule has 0 atom stereocenters. The van der Waals surface area contributed by atoms with E-state index in [0.29, 0.717) is 28.4 Å². The molecule has 0 aromatic heterocycles. The standard InChI is InChI=1S/C19H16BrNO5/c1-23-15-9-8-11(16(24-2)17(15)25-3)10-14-19(22)26-18(21-14)12-6-4-5-7-13(12)20/h4-10H,1-3H3/b14-10-. The normalized spacial score (nSPS) is 14.8. The van der Waals surface area contributed by atoms with Gasteiger partial charge in [0, 0.05) is 10.0 Å². The molecule has 1 aliphatic heterocycles. The van der Waals surface area contributed by atoms with Gasteiger partial charge in [-0.1, -0.05) is 12.1 Å². The zero-order chi connectivity index (χ0) is 18.7. The number of carbonyl (C=O) groups excluding carboxylic acids is 1. The Kier molecular flexibility index (Phi) is 5.27. The summed E-state index contributed by atoms with van der Waals surface area (Å²) in [6, 6.07) is 10.9.